The van der Waals surface area contributed by atoms with E-state index >= 15 is 0 Å². The highest BCUT2D eigenvalue weighted by atomic mass is 35.5. The fourth-order valence-corrected chi connectivity index (χ4v) is 1.51. The zero-order valence-corrected chi connectivity index (χ0v) is 9.49. The van der Waals surface area contributed by atoms with Crippen LogP contribution in [0.5, 0.6) is 0 Å². The van der Waals surface area contributed by atoms with E-state index in [2.05, 4.69) is 0 Å². The first-order valence-electron chi connectivity index (χ1n) is 4.51. The van der Waals surface area contributed by atoms with Crippen molar-refractivity contribution in [2.24, 2.45) is 7.05 Å². The van der Waals surface area contributed by atoms with Gasteiger partial charge in [0.15, 0.2) is 0 Å². The summed E-state index contributed by atoms with van der Waals surface area (Å²) >= 11 is 0. The van der Waals surface area contributed by atoms with Crippen LogP contribution in [0, 0.1) is 6.92 Å². The van der Waals surface area contributed by atoms with Gasteiger partial charge in [-0.3, -0.25) is 9.48 Å². The quantitative estimate of drug-likeness (QED) is 0.727. The maximum Gasteiger partial charge on any atom is 0.271 e. The molecule has 1 aromatic heterocycles. The molecule has 0 atom stereocenters. The second-order valence-corrected chi connectivity index (χ2v) is 3.29. The molecule has 0 radical (unpaired) electrons. The minimum atomic E-state index is 0. The van der Waals surface area contributed by atoms with E-state index in [0.29, 0.717) is 0 Å². The van der Waals surface area contributed by atoms with Gasteiger partial charge >= 0.3 is 0 Å². The predicted octanol–water partition coefficient (Wildman–Crippen LogP) is 1.91. The third kappa shape index (κ3) is 1.97. The molecule has 0 saturated carbocycles. The Labute approximate surface area is 94.4 Å². The van der Waals surface area contributed by atoms with Gasteiger partial charge in [0.25, 0.3) is 5.56 Å². The molecule has 0 saturated heterocycles. The van der Waals surface area contributed by atoms with Gasteiger partial charge in [0.05, 0.1) is 5.69 Å². The van der Waals surface area contributed by atoms with E-state index in [9.17, 15) is 4.79 Å². The monoisotopic (exact) mass is 224 g/mol. The number of nitrogens with zero attached hydrogens (tertiary/aromatic N) is 2. The van der Waals surface area contributed by atoms with Gasteiger partial charge in [0.2, 0.25) is 0 Å². The molecule has 0 bridgehead atoms. The molecule has 0 amide bonds. The Morgan fingerprint density at radius 1 is 1.13 bits per heavy atom. The Bertz CT molecular complexity index is 499. The Morgan fingerprint density at radius 2 is 1.73 bits per heavy atom. The lowest BCUT2D eigenvalue weighted by Crippen LogP contribution is -2.18. The molecule has 0 spiro atoms. The van der Waals surface area contributed by atoms with Crippen molar-refractivity contribution in [1.82, 2.24) is 9.36 Å². The SMILES string of the molecule is Cc1cc(=O)n(-c2ccccc2)n1C.Cl. The number of halogens is 1. The molecular weight excluding hydrogens is 212 g/mol. The molecule has 0 aliphatic heterocycles. The summed E-state index contributed by atoms with van der Waals surface area (Å²) in [5.41, 5.74) is 1.86. The molecule has 2 aromatic rings. The van der Waals surface area contributed by atoms with E-state index in [0.717, 1.165) is 11.4 Å². The van der Waals surface area contributed by atoms with Gasteiger partial charge < -0.3 is 0 Å². The molecule has 0 unspecified atom stereocenters. The first-order chi connectivity index (χ1) is 6.70. The van der Waals surface area contributed by atoms with Gasteiger partial charge in [-0.1, -0.05) is 18.2 Å². The van der Waals surface area contributed by atoms with Gasteiger partial charge in [0.1, 0.15) is 0 Å². The van der Waals surface area contributed by atoms with Crippen molar-refractivity contribution in [3.05, 3.63) is 52.4 Å². The number of para-hydroxylation sites is 1. The standard InChI is InChI=1S/C11H12N2O.ClH/c1-9-8-11(14)13(12(9)2)10-6-4-3-5-7-10;/h3-8H,1-2H3;1H. The first-order valence-corrected chi connectivity index (χ1v) is 4.51. The van der Waals surface area contributed by atoms with E-state index in [1.807, 2.05) is 49.0 Å². The molecule has 0 N–H and O–H groups in total. The van der Waals surface area contributed by atoms with Crippen LogP contribution in [-0.2, 0) is 7.05 Å². The molecule has 1 aromatic carbocycles. The van der Waals surface area contributed by atoms with E-state index in [4.69, 9.17) is 0 Å². The minimum absolute atomic E-state index is 0. The van der Waals surface area contributed by atoms with Crippen LogP contribution < -0.4 is 5.56 Å². The fraction of sp³-hybridized carbons (Fsp3) is 0.182. The van der Waals surface area contributed by atoms with Gasteiger partial charge in [-0.15, -0.1) is 12.4 Å². The van der Waals surface area contributed by atoms with Crippen LogP contribution in [0.4, 0.5) is 0 Å². The van der Waals surface area contributed by atoms with Crippen LogP contribution in [0.3, 0.4) is 0 Å². The lowest BCUT2D eigenvalue weighted by Gasteiger charge is -2.07. The highest BCUT2D eigenvalue weighted by Crippen LogP contribution is 2.04. The normalized spacial score (nSPS) is 9.73. The van der Waals surface area contributed by atoms with Gasteiger partial charge in [-0.25, -0.2) is 4.68 Å². The molecule has 4 heteroatoms. The maximum absolute atomic E-state index is 11.6. The van der Waals surface area contributed by atoms with Crippen molar-refractivity contribution in [2.45, 2.75) is 6.92 Å². The van der Waals surface area contributed by atoms with Crippen LogP contribution in [0.15, 0.2) is 41.2 Å². The van der Waals surface area contributed by atoms with Crippen molar-refractivity contribution < 1.29 is 0 Å². The van der Waals surface area contributed by atoms with E-state index in [1.165, 1.54) is 0 Å². The van der Waals surface area contributed by atoms with Crippen molar-refractivity contribution in [3.8, 4) is 5.69 Å². The maximum atomic E-state index is 11.6. The molecule has 0 aliphatic carbocycles. The van der Waals surface area contributed by atoms with E-state index in [1.54, 1.807) is 10.7 Å². The summed E-state index contributed by atoms with van der Waals surface area (Å²) in [6, 6.07) is 11.2. The number of hydrogen-bond acceptors (Lipinski definition) is 1. The number of aromatic nitrogens is 2. The highest BCUT2D eigenvalue weighted by molar-refractivity contribution is 5.85. The molecule has 2 rings (SSSR count). The Kier molecular flexibility index (Phi) is 3.37. The van der Waals surface area contributed by atoms with Crippen LogP contribution in [0.1, 0.15) is 5.69 Å². The summed E-state index contributed by atoms with van der Waals surface area (Å²) in [5.74, 6) is 0. The molecule has 1 heterocycles. The number of rotatable bonds is 1. The third-order valence-corrected chi connectivity index (χ3v) is 2.35. The summed E-state index contributed by atoms with van der Waals surface area (Å²) < 4.78 is 3.49. The van der Waals surface area contributed by atoms with Crippen molar-refractivity contribution >= 4 is 12.4 Å². The smallest absolute Gasteiger partial charge is 0.271 e. The molecule has 0 aliphatic rings. The average Bonchev–Trinajstić information content (AvgIpc) is 2.43. The molecule has 3 nitrogen and oxygen atoms in total. The van der Waals surface area contributed by atoms with Crippen LogP contribution >= 0.6 is 12.4 Å². The van der Waals surface area contributed by atoms with Crippen molar-refractivity contribution in [2.75, 3.05) is 0 Å². The zero-order valence-electron chi connectivity index (χ0n) is 8.68. The fourth-order valence-electron chi connectivity index (χ4n) is 1.51. The number of hydrogen-bond donors (Lipinski definition) is 0. The highest BCUT2D eigenvalue weighted by Gasteiger charge is 2.05. The zero-order chi connectivity index (χ0) is 10.1. The number of benzene rings is 1. The van der Waals surface area contributed by atoms with Gasteiger partial charge in [-0.05, 0) is 19.1 Å². The van der Waals surface area contributed by atoms with Crippen LogP contribution in [0.25, 0.3) is 5.69 Å². The average molecular weight is 225 g/mol. The Balaban J connectivity index is 0.00000112. The van der Waals surface area contributed by atoms with Gasteiger partial charge in [-0.2, -0.15) is 0 Å². The number of aryl methyl sites for hydroxylation is 1. The lowest BCUT2D eigenvalue weighted by molar-refractivity contribution is 0.630. The Hall–Kier alpha value is -1.48. The summed E-state index contributed by atoms with van der Waals surface area (Å²) in [6.07, 6.45) is 0. The van der Waals surface area contributed by atoms with Crippen LogP contribution in [-0.4, -0.2) is 9.36 Å². The molecule has 80 valence electrons. The predicted molar refractivity (Wildman–Crippen MR) is 63.0 cm³/mol. The summed E-state index contributed by atoms with van der Waals surface area (Å²) in [7, 11) is 1.88. The summed E-state index contributed by atoms with van der Waals surface area (Å²) in [6.45, 7) is 1.92. The summed E-state index contributed by atoms with van der Waals surface area (Å²) in [4.78, 5) is 11.6. The van der Waals surface area contributed by atoms with Crippen LogP contribution in [0.2, 0.25) is 0 Å². The topological polar surface area (TPSA) is 26.9 Å². The van der Waals surface area contributed by atoms with E-state index in [-0.39, 0.29) is 18.0 Å². The summed E-state index contributed by atoms with van der Waals surface area (Å²) in [5, 5.41) is 0. The second-order valence-electron chi connectivity index (χ2n) is 3.29. The third-order valence-electron chi connectivity index (χ3n) is 2.35. The van der Waals surface area contributed by atoms with Gasteiger partial charge in [0, 0.05) is 18.8 Å². The molecule has 15 heavy (non-hydrogen) atoms. The molecular formula is C11H13ClN2O. The largest absolute Gasteiger partial charge is 0.285 e. The lowest BCUT2D eigenvalue weighted by atomic mass is 10.3. The van der Waals surface area contributed by atoms with E-state index < -0.39 is 0 Å². The van der Waals surface area contributed by atoms with Crippen molar-refractivity contribution in [3.63, 3.8) is 0 Å². The molecule has 0 fully saturated rings. The Morgan fingerprint density at radius 3 is 2.20 bits per heavy atom. The van der Waals surface area contributed by atoms with Crippen molar-refractivity contribution in [1.29, 1.82) is 0 Å². The second kappa shape index (κ2) is 4.36. The minimum Gasteiger partial charge on any atom is -0.285 e. The first kappa shape index (κ1) is 11.6.